The van der Waals surface area contributed by atoms with Crippen LogP contribution in [0.1, 0.15) is 11.1 Å². The smallest absolute Gasteiger partial charge is 0.342 e. The molecule has 0 atom stereocenters. The Morgan fingerprint density at radius 3 is 2.12 bits per heavy atom. The molecule has 0 amide bonds. The fourth-order valence-corrected chi connectivity index (χ4v) is 1.63. The lowest BCUT2D eigenvalue weighted by Gasteiger charge is -2.11. The predicted octanol–water partition coefficient (Wildman–Crippen LogP) is 2.83. The highest BCUT2D eigenvalue weighted by molar-refractivity contribution is 9.12. The van der Waals surface area contributed by atoms with Gasteiger partial charge in [0.05, 0.1) is 19.8 Å². The molecule has 1 N–H and O–H groups in total. The predicted molar refractivity (Wildman–Crippen MR) is 68.8 cm³/mol. The van der Waals surface area contributed by atoms with Crippen molar-refractivity contribution in [3.63, 3.8) is 0 Å². The Balaban J connectivity index is 3.39. The fourth-order valence-electron chi connectivity index (χ4n) is 1.40. The molecule has 1 aromatic carbocycles. The van der Waals surface area contributed by atoms with Crippen molar-refractivity contribution in [1.82, 2.24) is 0 Å². The van der Waals surface area contributed by atoms with Crippen molar-refractivity contribution in [2.24, 2.45) is 0 Å². The lowest BCUT2D eigenvalue weighted by molar-refractivity contribution is -0.131. The summed E-state index contributed by atoms with van der Waals surface area (Å²) in [6.07, 6.45) is 1.46. The molecule has 5 heteroatoms. The molecule has 0 unspecified atom stereocenters. The number of halogens is 1. The number of methoxy groups -OCH3 is 2. The summed E-state index contributed by atoms with van der Waals surface area (Å²) in [7, 11) is 3.06. The Morgan fingerprint density at radius 2 is 1.76 bits per heavy atom. The minimum Gasteiger partial charge on any atom is -0.496 e. The first kappa shape index (κ1) is 13.6. The largest absolute Gasteiger partial charge is 0.496 e. The standard InChI is InChI=1S/C12H13BrO4/c1-7-4-10(16-2)8(11(5-7)17-3)6-9(13)12(14)15/h4-6H,1-3H3,(H,14,15). The number of aliphatic carboxylic acids is 1. The van der Waals surface area contributed by atoms with Crippen LogP contribution in [0, 0.1) is 6.92 Å². The van der Waals surface area contributed by atoms with Gasteiger partial charge in [-0.3, -0.25) is 0 Å². The number of hydrogen-bond donors (Lipinski definition) is 1. The molecule has 0 aromatic heterocycles. The molecule has 0 fully saturated rings. The molecule has 0 aliphatic heterocycles. The van der Waals surface area contributed by atoms with Crippen LogP contribution < -0.4 is 9.47 Å². The third-order valence-electron chi connectivity index (χ3n) is 2.16. The van der Waals surface area contributed by atoms with Crippen molar-refractivity contribution < 1.29 is 19.4 Å². The summed E-state index contributed by atoms with van der Waals surface area (Å²) in [4.78, 5) is 10.8. The van der Waals surface area contributed by atoms with E-state index >= 15 is 0 Å². The summed E-state index contributed by atoms with van der Waals surface area (Å²) in [6, 6.07) is 3.63. The number of carboxylic acid groups (broad SMARTS) is 1. The average Bonchev–Trinajstić information content (AvgIpc) is 2.30. The van der Waals surface area contributed by atoms with Crippen molar-refractivity contribution in [1.29, 1.82) is 0 Å². The molecule has 1 aromatic rings. The molecule has 92 valence electrons. The average molecular weight is 301 g/mol. The fraction of sp³-hybridized carbons (Fsp3) is 0.250. The Bertz CT molecular complexity index is 441. The van der Waals surface area contributed by atoms with Crippen LogP contribution in [-0.2, 0) is 4.79 Å². The van der Waals surface area contributed by atoms with Crippen LogP contribution in [0.3, 0.4) is 0 Å². The van der Waals surface area contributed by atoms with Gasteiger partial charge < -0.3 is 14.6 Å². The number of aryl methyl sites for hydroxylation is 1. The summed E-state index contributed by atoms with van der Waals surface area (Å²) in [5.74, 6) is 0.0924. The molecule has 0 heterocycles. The van der Waals surface area contributed by atoms with Gasteiger partial charge in [0, 0.05) is 0 Å². The third kappa shape index (κ3) is 3.23. The van der Waals surface area contributed by atoms with Gasteiger partial charge in [0.25, 0.3) is 0 Å². The van der Waals surface area contributed by atoms with Crippen molar-refractivity contribution in [3.05, 3.63) is 27.7 Å². The quantitative estimate of drug-likeness (QED) is 0.869. The molecule has 0 saturated heterocycles. The molecule has 4 nitrogen and oxygen atoms in total. The topological polar surface area (TPSA) is 55.8 Å². The minimum absolute atomic E-state index is 0.0398. The van der Waals surface area contributed by atoms with Crippen molar-refractivity contribution in [2.75, 3.05) is 14.2 Å². The summed E-state index contributed by atoms with van der Waals surface area (Å²) < 4.78 is 10.5. The van der Waals surface area contributed by atoms with Gasteiger partial charge in [-0.15, -0.1) is 0 Å². The maximum absolute atomic E-state index is 10.8. The van der Waals surface area contributed by atoms with E-state index in [1.807, 2.05) is 19.1 Å². The lowest BCUT2D eigenvalue weighted by Crippen LogP contribution is -1.97. The number of carbonyl (C=O) groups is 1. The normalized spacial score (nSPS) is 11.2. The molecular weight excluding hydrogens is 288 g/mol. The van der Waals surface area contributed by atoms with E-state index < -0.39 is 5.97 Å². The van der Waals surface area contributed by atoms with Gasteiger partial charge in [0.15, 0.2) is 0 Å². The molecule has 0 saturated carbocycles. The second-order valence-corrected chi connectivity index (χ2v) is 4.23. The lowest BCUT2D eigenvalue weighted by atomic mass is 10.1. The van der Waals surface area contributed by atoms with E-state index in [4.69, 9.17) is 14.6 Å². The molecule has 17 heavy (non-hydrogen) atoms. The van der Waals surface area contributed by atoms with E-state index in [2.05, 4.69) is 15.9 Å². The van der Waals surface area contributed by atoms with E-state index in [1.54, 1.807) is 0 Å². The highest BCUT2D eigenvalue weighted by Crippen LogP contribution is 2.33. The van der Waals surface area contributed by atoms with E-state index in [0.29, 0.717) is 17.1 Å². The zero-order chi connectivity index (χ0) is 13.0. The SMILES string of the molecule is COc1cc(C)cc(OC)c1C=C(Br)C(=O)O. The van der Waals surface area contributed by atoms with Gasteiger partial charge in [-0.25, -0.2) is 4.79 Å². The van der Waals surface area contributed by atoms with E-state index in [0.717, 1.165) is 5.56 Å². The maximum atomic E-state index is 10.8. The first-order valence-corrected chi connectivity index (χ1v) is 5.62. The van der Waals surface area contributed by atoms with Crippen molar-refractivity contribution in [2.45, 2.75) is 6.92 Å². The number of rotatable bonds is 4. The molecule has 0 bridgehead atoms. The second-order valence-electron chi connectivity index (χ2n) is 3.38. The van der Waals surface area contributed by atoms with Gasteiger partial charge in [0.2, 0.25) is 0 Å². The number of hydrogen-bond acceptors (Lipinski definition) is 3. The van der Waals surface area contributed by atoms with E-state index in [9.17, 15) is 4.79 Å². The maximum Gasteiger partial charge on any atom is 0.342 e. The summed E-state index contributed by atoms with van der Waals surface area (Å²) in [5, 5.41) is 8.83. The first-order chi connectivity index (χ1) is 7.99. The van der Waals surface area contributed by atoms with Gasteiger partial charge in [-0.1, -0.05) is 0 Å². The van der Waals surface area contributed by atoms with E-state index in [-0.39, 0.29) is 4.48 Å². The van der Waals surface area contributed by atoms with E-state index in [1.165, 1.54) is 20.3 Å². The highest BCUT2D eigenvalue weighted by atomic mass is 79.9. The zero-order valence-electron chi connectivity index (χ0n) is 9.78. The van der Waals surface area contributed by atoms with Crippen LogP contribution in [0.2, 0.25) is 0 Å². The third-order valence-corrected chi connectivity index (χ3v) is 2.73. The molecule has 1 rings (SSSR count). The van der Waals surface area contributed by atoms with Crippen LogP contribution in [0.25, 0.3) is 6.08 Å². The molecule has 0 aliphatic rings. The molecular formula is C12H13BrO4. The van der Waals surface area contributed by atoms with Crippen LogP contribution >= 0.6 is 15.9 Å². The molecule has 0 radical (unpaired) electrons. The number of ether oxygens (including phenoxy) is 2. The van der Waals surface area contributed by atoms with Crippen LogP contribution in [0.4, 0.5) is 0 Å². The number of carboxylic acids is 1. The van der Waals surface area contributed by atoms with Gasteiger partial charge in [0.1, 0.15) is 16.0 Å². The first-order valence-electron chi connectivity index (χ1n) is 4.82. The van der Waals surface area contributed by atoms with Gasteiger partial charge in [-0.05, 0) is 46.6 Å². The van der Waals surface area contributed by atoms with Gasteiger partial charge in [-0.2, -0.15) is 0 Å². The Labute approximate surface area is 108 Å². The Hall–Kier alpha value is -1.49. The summed E-state index contributed by atoms with van der Waals surface area (Å²) >= 11 is 2.97. The summed E-state index contributed by atoms with van der Waals surface area (Å²) in [5.41, 5.74) is 1.57. The van der Waals surface area contributed by atoms with Crippen molar-refractivity contribution in [3.8, 4) is 11.5 Å². The van der Waals surface area contributed by atoms with Crippen molar-refractivity contribution >= 4 is 28.0 Å². The van der Waals surface area contributed by atoms with Gasteiger partial charge >= 0.3 is 5.97 Å². The van der Waals surface area contributed by atoms with Crippen LogP contribution in [0.15, 0.2) is 16.6 Å². The monoisotopic (exact) mass is 300 g/mol. The van der Waals surface area contributed by atoms with Crippen LogP contribution in [-0.4, -0.2) is 25.3 Å². The zero-order valence-corrected chi connectivity index (χ0v) is 11.4. The van der Waals surface area contributed by atoms with Crippen LogP contribution in [0.5, 0.6) is 11.5 Å². The Morgan fingerprint density at radius 1 is 1.29 bits per heavy atom. The molecule has 0 spiro atoms. The summed E-state index contributed by atoms with van der Waals surface area (Å²) in [6.45, 7) is 1.91. The molecule has 0 aliphatic carbocycles. The minimum atomic E-state index is -1.05. The Kier molecular flexibility index (Phi) is 4.57. The number of benzene rings is 1. The highest BCUT2D eigenvalue weighted by Gasteiger charge is 2.12. The second kappa shape index (κ2) is 5.72.